The first-order chi connectivity index (χ1) is 7.25. The predicted octanol–water partition coefficient (Wildman–Crippen LogP) is -1.37. The summed E-state index contributed by atoms with van der Waals surface area (Å²) in [6.45, 7) is 4.87. The van der Waals surface area contributed by atoms with E-state index >= 15 is 0 Å². The normalized spacial score (nSPS) is 32.0. The van der Waals surface area contributed by atoms with E-state index in [1.54, 1.807) is 20.8 Å². The van der Waals surface area contributed by atoms with Crippen molar-refractivity contribution in [3.63, 3.8) is 0 Å². The highest BCUT2D eigenvalue weighted by Gasteiger charge is 2.60. The molecule has 80 valence electrons. The van der Waals surface area contributed by atoms with Crippen molar-refractivity contribution in [1.82, 2.24) is 10.2 Å². The van der Waals surface area contributed by atoms with Crippen molar-refractivity contribution in [3.8, 4) is 0 Å². The van der Waals surface area contributed by atoms with Gasteiger partial charge in [-0.1, -0.05) is 0 Å². The van der Waals surface area contributed by atoms with Gasteiger partial charge >= 0.3 is 6.03 Å². The summed E-state index contributed by atoms with van der Waals surface area (Å²) in [5.41, 5.74) is -3.78. The standard InChI is InChI=1S/C8H10B5FN2O/c1-5(2,3)16-4(17)15-7(10,11)6(9,14)8(16,12)13/h1-3H3,(H,15,17). The number of carbonyl (C=O) groups is 1. The molecule has 0 aliphatic carbocycles. The zero-order valence-corrected chi connectivity index (χ0v) is 10.1. The van der Waals surface area contributed by atoms with E-state index in [0.717, 1.165) is 4.90 Å². The van der Waals surface area contributed by atoms with Gasteiger partial charge in [0.05, 0.1) is 37.0 Å². The van der Waals surface area contributed by atoms with Crippen LogP contribution in [0.4, 0.5) is 9.18 Å². The molecule has 0 bridgehead atoms. The van der Waals surface area contributed by atoms with Gasteiger partial charge in [-0.2, -0.15) is 0 Å². The molecule has 1 aliphatic rings. The largest absolute Gasteiger partial charge is 0.347 e. The van der Waals surface area contributed by atoms with E-state index in [-0.39, 0.29) is 0 Å². The van der Waals surface area contributed by atoms with Gasteiger partial charge in [0.1, 0.15) is 7.85 Å². The van der Waals surface area contributed by atoms with Crippen molar-refractivity contribution < 1.29 is 9.18 Å². The molecule has 1 N–H and O–H groups in total. The van der Waals surface area contributed by atoms with Crippen molar-refractivity contribution in [2.45, 2.75) is 42.6 Å². The van der Waals surface area contributed by atoms with Gasteiger partial charge in [0.25, 0.3) is 0 Å². The van der Waals surface area contributed by atoms with Crippen LogP contribution in [0.2, 0.25) is 0 Å². The molecule has 1 unspecified atom stereocenters. The van der Waals surface area contributed by atoms with Crippen LogP contribution >= 0.6 is 0 Å². The van der Waals surface area contributed by atoms with Gasteiger partial charge in [-0.25, -0.2) is 4.79 Å². The van der Waals surface area contributed by atoms with Crippen molar-refractivity contribution in [2.24, 2.45) is 0 Å². The Morgan fingerprint density at radius 2 is 1.59 bits per heavy atom. The Kier molecular flexibility index (Phi) is 3.02. The van der Waals surface area contributed by atoms with Crippen LogP contribution in [0.5, 0.6) is 0 Å². The van der Waals surface area contributed by atoms with Gasteiger partial charge in [0, 0.05) is 5.54 Å². The number of halogens is 1. The summed E-state index contributed by atoms with van der Waals surface area (Å²) in [5.74, 6) is 0. The van der Waals surface area contributed by atoms with E-state index < -0.39 is 27.8 Å². The molecule has 17 heavy (non-hydrogen) atoms. The second-order valence-corrected chi connectivity index (χ2v) is 5.34. The molecular formula is C8H10B5FN2O. The number of urea groups is 1. The molecule has 0 saturated carbocycles. The fraction of sp³-hybridized carbons (Fsp3) is 0.875. The van der Waals surface area contributed by atoms with Crippen LogP contribution in [0.3, 0.4) is 0 Å². The molecule has 0 aromatic rings. The smallest absolute Gasteiger partial charge is 0.316 e. The SMILES string of the molecule is [B]C1([B])NC(=O)N(C(C)(C)C)C([B])([B])C1([B])F. The number of nitrogens with one attached hydrogen (secondary N) is 1. The summed E-state index contributed by atoms with van der Waals surface area (Å²) >= 11 is 0. The lowest BCUT2D eigenvalue weighted by Gasteiger charge is -2.63. The van der Waals surface area contributed by atoms with Crippen molar-refractivity contribution in [2.75, 3.05) is 0 Å². The average Bonchev–Trinajstić information content (AvgIpc) is 1.95. The highest BCUT2D eigenvalue weighted by molar-refractivity contribution is 6.53. The molecule has 1 aliphatic heterocycles. The molecular weight excluding hydrogens is 213 g/mol. The van der Waals surface area contributed by atoms with Crippen LogP contribution in [-0.4, -0.2) is 71.9 Å². The predicted molar refractivity (Wildman–Crippen MR) is 68.2 cm³/mol. The zero-order chi connectivity index (χ0) is 13.9. The Hall–Kier alpha value is -0.475. The van der Waals surface area contributed by atoms with E-state index in [1.807, 2.05) is 5.32 Å². The summed E-state index contributed by atoms with van der Waals surface area (Å²) in [6.07, 6.45) is 0. The molecule has 1 saturated heterocycles. The van der Waals surface area contributed by atoms with E-state index in [0.29, 0.717) is 0 Å². The highest BCUT2D eigenvalue weighted by atomic mass is 19.1. The van der Waals surface area contributed by atoms with Crippen LogP contribution in [0.1, 0.15) is 20.8 Å². The van der Waals surface area contributed by atoms with Crippen LogP contribution in [0.25, 0.3) is 0 Å². The first-order valence-corrected chi connectivity index (χ1v) is 5.01. The van der Waals surface area contributed by atoms with Gasteiger partial charge in [0.2, 0.25) is 0 Å². The summed E-state index contributed by atoms with van der Waals surface area (Å²) in [6, 6.07) is -0.786. The van der Waals surface area contributed by atoms with E-state index in [4.69, 9.17) is 39.2 Å². The molecule has 0 aromatic carbocycles. The van der Waals surface area contributed by atoms with E-state index in [9.17, 15) is 9.18 Å². The number of amides is 2. The Morgan fingerprint density at radius 1 is 1.18 bits per heavy atom. The molecule has 0 spiro atoms. The Labute approximate surface area is 108 Å². The molecule has 1 heterocycles. The third-order valence-corrected chi connectivity index (χ3v) is 2.74. The Morgan fingerprint density at radius 3 is 1.94 bits per heavy atom. The van der Waals surface area contributed by atoms with Crippen molar-refractivity contribution in [3.05, 3.63) is 0 Å². The maximum atomic E-state index is 14.4. The van der Waals surface area contributed by atoms with Gasteiger partial charge < -0.3 is 10.2 Å². The number of alkyl halides is 1. The summed E-state index contributed by atoms with van der Waals surface area (Å²) < 4.78 is 14.4. The third kappa shape index (κ3) is 1.91. The monoisotopic (exact) mass is 224 g/mol. The fourth-order valence-corrected chi connectivity index (χ4v) is 1.85. The minimum absolute atomic E-state index is 0.786. The Balaban J connectivity index is 3.36. The second-order valence-electron chi connectivity index (χ2n) is 5.34. The quantitative estimate of drug-likeness (QED) is 0.505. The number of hydrogen-bond acceptors (Lipinski definition) is 1. The van der Waals surface area contributed by atoms with Crippen molar-refractivity contribution >= 4 is 45.3 Å². The summed E-state index contributed by atoms with van der Waals surface area (Å²) in [4.78, 5) is 12.7. The average molecular weight is 223 g/mol. The minimum Gasteiger partial charge on any atom is -0.347 e. The lowest BCUT2D eigenvalue weighted by molar-refractivity contribution is 0.0239. The van der Waals surface area contributed by atoms with Crippen molar-refractivity contribution in [1.29, 1.82) is 0 Å². The molecule has 9 heteroatoms. The van der Waals surface area contributed by atoms with Gasteiger partial charge in [0.15, 0.2) is 0 Å². The summed E-state index contributed by atoms with van der Waals surface area (Å²) in [7, 11) is 27.4. The molecule has 3 nitrogen and oxygen atoms in total. The maximum absolute atomic E-state index is 14.4. The van der Waals surface area contributed by atoms with Gasteiger partial charge in [-0.05, 0) is 31.4 Å². The van der Waals surface area contributed by atoms with Crippen LogP contribution < -0.4 is 5.32 Å². The Bertz CT molecular complexity index is 352. The number of carbonyl (C=O) groups excluding carboxylic acids is 1. The number of nitrogens with zero attached hydrogens (tertiary/aromatic N) is 1. The second kappa shape index (κ2) is 3.52. The third-order valence-electron chi connectivity index (χ3n) is 2.74. The first-order valence-electron chi connectivity index (χ1n) is 5.01. The molecule has 1 fully saturated rings. The summed E-state index contributed by atoms with van der Waals surface area (Å²) in [5, 5.41) is -2.65. The van der Waals surface area contributed by atoms with E-state index in [1.165, 1.54) is 0 Å². The highest BCUT2D eigenvalue weighted by Crippen LogP contribution is 2.39. The van der Waals surface area contributed by atoms with E-state index in [2.05, 4.69) is 0 Å². The van der Waals surface area contributed by atoms with Crippen LogP contribution in [0.15, 0.2) is 0 Å². The molecule has 10 radical (unpaired) electrons. The fourth-order valence-electron chi connectivity index (χ4n) is 1.85. The minimum atomic E-state index is -2.92. The molecule has 1 atom stereocenters. The molecule has 2 amide bonds. The van der Waals surface area contributed by atoms with Gasteiger partial charge in [-0.15, -0.1) is 0 Å². The lowest BCUT2D eigenvalue weighted by Crippen LogP contribution is -2.86. The topological polar surface area (TPSA) is 32.3 Å². The zero-order valence-electron chi connectivity index (χ0n) is 10.1. The van der Waals surface area contributed by atoms with Gasteiger partial charge in [-0.3, -0.25) is 4.39 Å². The number of hydrogen-bond donors (Lipinski definition) is 1. The number of rotatable bonds is 0. The first kappa shape index (κ1) is 14.6. The van der Waals surface area contributed by atoms with Crippen LogP contribution in [0, 0.1) is 0 Å². The lowest BCUT2D eigenvalue weighted by atomic mass is 9.33. The molecule has 0 aromatic heterocycles. The van der Waals surface area contributed by atoms with Crippen LogP contribution in [-0.2, 0) is 0 Å². The molecule has 1 rings (SSSR count). The maximum Gasteiger partial charge on any atom is 0.316 e.